The molecule has 0 radical (unpaired) electrons. The number of hydrogen-bond acceptors (Lipinski definition) is 3. The summed E-state index contributed by atoms with van der Waals surface area (Å²) in [6.45, 7) is 4.27. The van der Waals surface area contributed by atoms with E-state index in [0.29, 0.717) is 43.8 Å². The van der Waals surface area contributed by atoms with Gasteiger partial charge >= 0.3 is 129 Å². The van der Waals surface area contributed by atoms with E-state index >= 15 is 0 Å². The first-order chi connectivity index (χ1) is 8.99. The average molecular weight is 465 g/mol. The molecule has 6 heteroatoms. The summed E-state index contributed by atoms with van der Waals surface area (Å²) in [5.74, 6) is -0.376. The van der Waals surface area contributed by atoms with Gasteiger partial charge in [-0.3, -0.25) is 0 Å². The van der Waals surface area contributed by atoms with E-state index < -0.39 is 0 Å². The van der Waals surface area contributed by atoms with Crippen molar-refractivity contribution in [3.05, 3.63) is 34.4 Å². The number of ether oxygens (including phenoxy) is 1. The molecule has 20 heavy (non-hydrogen) atoms. The second kappa shape index (κ2) is 6.78. The van der Waals surface area contributed by atoms with Crippen molar-refractivity contribution in [3.63, 3.8) is 0 Å². The van der Waals surface area contributed by atoms with E-state index in [-0.39, 0.29) is 23.4 Å². The van der Waals surface area contributed by atoms with Gasteiger partial charge in [0.25, 0.3) is 0 Å². The fourth-order valence-corrected chi connectivity index (χ4v) is 3.83. The van der Waals surface area contributed by atoms with Gasteiger partial charge in [0.1, 0.15) is 0 Å². The predicted molar refractivity (Wildman–Crippen MR) is 70.5 cm³/mol. The van der Waals surface area contributed by atoms with E-state index in [1.165, 1.54) is 4.90 Å². The molecule has 1 aromatic rings. The van der Waals surface area contributed by atoms with E-state index in [2.05, 4.69) is 0 Å². The fourth-order valence-electron chi connectivity index (χ4n) is 2.21. The molecule has 0 aliphatic carbocycles. The molecule has 0 spiro atoms. The van der Waals surface area contributed by atoms with Crippen molar-refractivity contribution < 1.29 is 45.9 Å². The summed E-state index contributed by atoms with van der Waals surface area (Å²) in [7, 11) is 1.63. The van der Waals surface area contributed by atoms with Gasteiger partial charge < -0.3 is 5.48 Å². The summed E-state index contributed by atoms with van der Waals surface area (Å²) in [4.78, 5) is 25.9. The molecule has 2 rings (SSSR count). The van der Waals surface area contributed by atoms with E-state index in [9.17, 15) is 9.59 Å². The Morgan fingerprint density at radius 2 is 1.60 bits per heavy atom. The van der Waals surface area contributed by atoms with Crippen molar-refractivity contribution in [1.82, 2.24) is 4.90 Å². The summed E-state index contributed by atoms with van der Waals surface area (Å²) >= 11 is 0.589. The number of hydrogen-bond donors (Lipinski definition) is 0. The number of nitrogens with zero attached hydrogens (tertiary/aromatic N) is 1. The quantitative estimate of drug-likeness (QED) is 0.493. The van der Waals surface area contributed by atoms with Crippen molar-refractivity contribution >= 4 is 11.8 Å². The third kappa shape index (κ3) is 2.94. The summed E-state index contributed by atoms with van der Waals surface area (Å²) in [5, 5.41) is 0. The summed E-state index contributed by atoms with van der Waals surface area (Å²) < 4.78 is 6.27. The van der Waals surface area contributed by atoms with Gasteiger partial charge in [-0.2, -0.15) is 0 Å². The molecule has 0 bridgehead atoms. The molecule has 0 saturated carbocycles. The van der Waals surface area contributed by atoms with Crippen LogP contribution in [0.3, 0.4) is 0 Å². The number of carbonyl (C=O) groups is 2. The van der Waals surface area contributed by atoms with E-state index in [4.69, 9.17) is 4.74 Å². The van der Waals surface area contributed by atoms with Crippen LogP contribution >= 0.6 is 0 Å². The van der Waals surface area contributed by atoms with E-state index in [1.807, 2.05) is 26.0 Å². The van der Waals surface area contributed by atoms with Gasteiger partial charge in [-0.1, -0.05) is 0 Å². The summed E-state index contributed by atoms with van der Waals surface area (Å²) in [5.41, 5.74) is 3.13. The van der Waals surface area contributed by atoms with Crippen LogP contribution in [0, 0.1) is 13.8 Å². The minimum atomic E-state index is -0.188. The first kappa shape index (κ1) is 17.3. The normalized spacial score (nSPS) is 15.2. The molecule has 0 aromatic heterocycles. The Balaban J connectivity index is 0.00000200. The van der Waals surface area contributed by atoms with Crippen LogP contribution in [0.15, 0.2) is 12.1 Å². The topological polar surface area (TPSA) is 78.1 Å². The fraction of sp³-hybridized carbons (Fsp3) is 0.429. The molecular weight excluding hydrogens is 447 g/mol. The molecule has 0 saturated heterocycles. The van der Waals surface area contributed by atoms with Gasteiger partial charge in [-0.05, 0) is 0 Å². The number of imide groups is 1. The third-order valence-electron chi connectivity index (χ3n) is 3.63. The Labute approximate surface area is 134 Å². The average Bonchev–Trinajstić information content (AvgIpc) is 2.61. The van der Waals surface area contributed by atoms with Crippen LogP contribution in [0.25, 0.3) is 0 Å². The minimum absolute atomic E-state index is 0. The van der Waals surface area contributed by atoms with Crippen LogP contribution in [0.4, 0.5) is 0 Å². The molecule has 2 N–H and O–H groups in total. The number of amides is 2. The standard InChI is InChI=1S/C14H16NO3.Hg.H2O/c1-8-5-11-12(6-9(8)2)14(17)15(13(11)16)7-10(3)18-4;;/h5-6,10H,3,7H2,1-2,4H3;;1H2. The minimum Gasteiger partial charge on any atom is -0.412 e. The van der Waals surface area contributed by atoms with Gasteiger partial charge in [0, 0.05) is 0 Å². The number of fused-ring (bicyclic) bond motifs is 1. The third-order valence-corrected chi connectivity index (χ3v) is 6.13. The van der Waals surface area contributed by atoms with E-state index in [0.717, 1.165) is 15.1 Å². The molecule has 1 aromatic carbocycles. The SMILES string of the molecule is COC([CH2][Hg])CN1C(=O)c2cc(C)c(C)cc2C1=O.O. The van der Waals surface area contributed by atoms with Crippen LogP contribution in [0.1, 0.15) is 31.8 Å². The van der Waals surface area contributed by atoms with Crippen molar-refractivity contribution in [2.75, 3.05) is 13.7 Å². The molecule has 1 heterocycles. The Bertz CT molecular complexity index is 499. The largest absolute Gasteiger partial charge is 0.412 e. The molecule has 105 valence electrons. The van der Waals surface area contributed by atoms with Crippen molar-refractivity contribution in [2.24, 2.45) is 0 Å². The van der Waals surface area contributed by atoms with Gasteiger partial charge in [-0.25, -0.2) is 0 Å². The second-order valence-electron chi connectivity index (χ2n) is 4.85. The number of carbonyl (C=O) groups excluding carboxylic acids is 2. The molecule has 2 amide bonds. The number of benzene rings is 1. The molecule has 1 unspecified atom stereocenters. The summed E-state index contributed by atoms with van der Waals surface area (Å²) in [6.07, 6.45) is -0.0206. The maximum atomic E-state index is 12.3. The molecular formula is C14H18HgNO4. The molecule has 1 aliphatic rings. The Hall–Kier alpha value is -0.785. The van der Waals surface area contributed by atoms with Crippen molar-refractivity contribution in [2.45, 2.75) is 23.9 Å². The van der Waals surface area contributed by atoms with Gasteiger partial charge in [0.2, 0.25) is 0 Å². The van der Waals surface area contributed by atoms with Crippen LogP contribution in [-0.2, 0) is 30.9 Å². The van der Waals surface area contributed by atoms with E-state index in [1.54, 1.807) is 7.11 Å². The second-order valence-corrected chi connectivity index (χ2v) is 7.09. The Morgan fingerprint density at radius 3 is 1.95 bits per heavy atom. The number of rotatable bonds is 4. The smallest absolute Gasteiger partial charge is 0.412 e. The first-order valence-corrected chi connectivity index (χ1v) is 10.2. The first-order valence-electron chi connectivity index (χ1n) is 6.29. The zero-order valence-corrected chi connectivity index (χ0v) is 17.5. The zero-order valence-electron chi connectivity index (χ0n) is 12.0. The zero-order chi connectivity index (χ0) is 14.2. The van der Waals surface area contributed by atoms with Crippen LogP contribution < -0.4 is 0 Å². The molecule has 5 nitrogen and oxygen atoms in total. The molecule has 1 aliphatic heterocycles. The van der Waals surface area contributed by atoms with Gasteiger partial charge in [0.15, 0.2) is 0 Å². The maximum absolute atomic E-state index is 12.3. The van der Waals surface area contributed by atoms with Crippen LogP contribution in [0.2, 0.25) is 3.93 Å². The van der Waals surface area contributed by atoms with Crippen LogP contribution in [-0.4, -0.2) is 41.9 Å². The summed E-state index contributed by atoms with van der Waals surface area (Å²) in [6, 6.07) is 3.63. The monoisotopic (exact) mass is 466 g/mol. The van der Waals surface area contributed by atoms with Gasteiger partial charge in [0.05, 0.1) is 0 Å². The number of methoxy groups -OCH3 is 1. The van der Waals surface area contributed by atoms with Gasteiger partial charge in [-0.15, -0.1) is 0 Å². The number of aryl methyl sites for hydroxylation is 2. The predicted octanol–water partition coefficient (Wildman–Crippen LogP) is 1.05. The van der Waals surface area contributed by atoms with Crippen molar-refractivity contribution in [1.29, 1.82) is 0 Å². The van der Waals surface area contributed by atoms with Crippen molar-refractivity contribution in [3.8, 4) is 0 Å². The molecule has 1 atom stereocenters. The van der Waals surface area contributed by atoms with Crippen LogP contribution in [0.5, 0.6) is 0 Å². The Morgan fingerprint density at radius 1 is 1.15 bits per heavy atom. The molecule has 0 fully saturated rings. The Kier molecular flexibility index (Phi) is 5.85. The maximum Gasteiger partial charge on any atom is -0.412 e.